The van der Waals surface area contributed by atoms with Gasteiger partial charge in [-0.25, -0.2) is 0 Å². The number of nitrogens with two attached hydrogens (primary N) is 1. The number of hydrogen-bond donors (Lipinski definition) is 2. The van der Waals surface area contributed by atoms with Crippen LogP contribution in [-0.2, 0) is 4.79 Å². The third-order valence-corrected chi connectivity index (χ3v) is 1.94. The molecule has 0 spiro atoms. The van der Waals surface area contributed by atoms with Gasteiger partial charge < -0.3 is 11.1 Å². The summed E-state index contributed by atoms with van der Waals surface area (Å²) in [7, 11) is 0. The lowest BCUT2D eigenvalue weighted by atomic mass is 10.1. The van der Waals surface area contributed by atoms with Crippen LogP contribution in [0.15, 0.2) is 18.2 Å². The molecule has 5 heteroatoms. The van der Waals surface area contributed by atoms with Gasteiger partial charge >= 0.3 is 0 Å². The van der Waals surface area contributed by atoms with E-state index in [2.05, 4.69) is 5.32 Å². The van der Waals surface area contributed by atoms with Crippen molar-refractivity contribution in [3.63, 3.8) is 0 Å². The molecule has 0 aromatic heterocycles. The number of benzene rings is 1. The molecule has 0 aliphatic carbocycles. The number of carbonyl (C=O) groups is 1. The van der Waals surface area contributed by atoms with Gasteiger partial charge in [0.2, 0.25) is 5.91 Å². The minimum Gasteiger partial charge on any atom is -0.325 e. The number of nitriles is 2. The second-order valence-corrected chi connectivity index (χ2v) is 3.26. The maximum atomic E-state index is 11.3. The first-order chi connectivity index (χ1) is 7.58. The van der Waals surface area contributed by atoms with Crippen LogP contribution >= 0.6 is 0 Å². The Morgan fingerprint density at radius 1 is 1.38 bits per heavy atom. The summed E-state index contributed by atoms with van der Waals surface area (Å²) in [6.07, 6.45) is 0. The maximum absolute atomic E-state index is 11.3. The van der Waals surface area contributed by atoms with Crippen molar-refractivity contribution in [2.45, 2.75) is 13.0 Å². The number of rotatable bonds is 2. The first kappa shape index (κ1) is 11.7. The van der Waals surface area contributed by atoms with E-state index in [4.69, 9.17) is 16.3 Å². The normalized spacial score (nSPS) is 11.0. The molecule has 1 unspecified atom stereocenters. The van der Waals surface area contributed by atoms with Gasteiger partial charge in [0.25, 0.3) is 0 Å². The monoisotopic (exact) mass is 214 g/mol. The van der Waals surface area contributed by atoms with Crippen molar-refractivity contribution in [3.8, 4) is 12.1 Å². The van der Waals surface area contributed by atoms with Crippen molar-refractivity contribution < 1.29 is 4.79 Å². The molecule has 0 saturated carbocycles. The van der Waals surface area contributed by atoms with Crippen LogP contribution in [0.5, 0.6) is 0 Å². The lowest BCUT2D eigenvalue weighted by Crippen LogP contribution is -2.32. The average Bonchev–Trinajstić information content (AvgIpc) is 2.28. The number of nitrogens with zero attached hydrogens (tertiary/aromatic N) is 2. The van der Waals surface area contributed by atoms with E-state index < -0.39 is 6.04 Å². The van der Waals surface area contributed by atoms with Crippen molar-refractivity contribution in [2.24, 2.45) is 5.73 Å². The second-order valence-electron chi connectivity index (χ2n) is 3.26. The third-order valence-electron chi connectivity index (χ3n) is 1.94. The molecule has 1 rings (SSSR count). The Labute approximate surface area is 93.1 Å². The van der Waals surface area contributed by atoms with E-state index in [0.29, 0.717) is 5.69 Å². The smallest absolute Gasteiger partial charge is 0.240 e. The first-order valence-electron chi connectivity index (χ1n) is 4.59. The summed E-state index contributed by atoms with van der Waals surface area (Å²) in [6, 6.07) is 7.63. The van der Waals surface area contributed by atoms with Gasteiger partial charge in [0.15, 0.2) is 0 Å². The molecule has 0 bridgehead atoms. The molecular weight excluding hydrogens is 204 g/mol. The summed E-state index contributed by atoms with van der Waals surface area (Å²) in [5.41, 5.74) is 6.34. The molecule has 1 aromatic carbocycles. The Kier molecular flexibility index (Phi) is 3.60. The zero-order chi connectivity index (χ0) is 12.1. The van der Waals surface area contributed by atoms with E-state index >= 15 is 0 Å². The topological polar surface area (TPSA) is 103 Å². The van der Waals surface area contributed by atoms with Gasteiger partial charge in [0, 0.05) is 5.69 Å². The standard InChI is InChI=1S/C11H10N4O/c1-7(14)11(16)15-10-3-2-8(5-12)9(4-10)6-13/h2-4,7H,14H2,1H3,(H,15,16). The number of anilines is 1. The minimum atomic E-state index is -0.624. The lowest BCUT2D eigenvalue weighted by Gasteiger charge is -2.07. The van der Waals surface area contributed by atoms with Gasteiger partial charge in [0.05, 0.1) is 17.2 Å². The molecule has 16 heavy (non-hydrogen) atoms. The fourth-order valence-corrected chi connectivity index (χ4v) is 1.07. The lowest BCUT2D eigenvalue weighted by molar-refractivity contribution is -0.117. The average molecular weight is 214 g/mol. The third kappa shape index (κ3) is 2.57. The maximum Gasteiger partial charge on any atom is 0.240 e. The number of amides is 1. The summed E-state index contributed by atoms with van der Waals surface area (Å²) < 4.78 is 0. The van der Waals surface area contributed by atoms with Crippen LogP contribution in [-0.4, -0.2) is 11.9 Å². The number of carbonyl (C=O) groups excluding carboxylic acids is 1. The van der Waals surface area contributed by atoms with Crippen molar-refractivity contribution in [3.05, 3.63) is 29.3 Å². The molecule has 5 nitrogen and oxygen atoms in total. The van der Waals surface area contributed by atoms with Gasteiger partial charge in [-0.15, -0.1) is 0 Å². The van der Waals surface area contributed by atoms with E-state index in [0.717, 1.165) is 0 Å². The van der Waals surface area contributed by atoms with Gasteiger partial charge in [-0.1, -0.05) is 0 Å². The molecule has 0 radical (unpaired) electrons. The van der Waals surface area contributed by atoms with Gasteiger partial charge in [-0.3, -0.25) is 4.79 Å². The van der Waals surface area contributed by atoms with Crippen LogP contribution in [0.4, 0.5) is 5.69 Å². The Morgan fingerprint density at radius 3 is 2.50 bits per heavy atom. The summed E-state index contributed by atoms with van der Waals surface area (Å²) in [5.74, 6) is -0.339. The predicted molar refractivity (Wildman–Crippen MR) is 58.2 cm³/mol. The van der Waals surface area contributed by atoms with Crippen LogP contribution in [0.1, 0.15) is 18.1 Å². The summed E-state index contributed by atoms with van der Waals surface area (Å²) in [6.45, 7) is 1.56. The summed E-state index contributed by atoms with van der Waals surface area (Å²) in [5, 5.41) is 20.0. The van der Waals surface area contributed by atoms with Crippen LogP contribution in [0.3, 0.4) is 0 Å². The van der Waals surface area contributed by atoms with E-state index in [1.54, 1.807) is 13.0 Å². The van der Waals surface area contributed by atoms with Gasteiger partial charge in [-0.2, -0.15) is 10.5 Å². The molecule has 80 valence electrons. The Hall–Kier alpha value is -2.37. The number of nitrogens with one attached hydrogen (secondary N) is 1. The fourth-order valence-electron chi connectivity index (χ4n) is 1.07. The quantitative estimate of drug-likeness (QED) is 0.756. The molecule has 1 amide bonds. The first-order valence-corrected chi connectivity index (χ1v) is 4.59. The summed E-state index contributed by atoms with van der Waals surface area (Å²) >= 11 is 0. The fraction of sp³-hybridized carbons (Fsp3) is 0.182. The summed E-state index contributed by atoms with van der Waals surface area (Å²) in [4.78, 5) is 11.3. The molecule has 0 fully saturated rings. The minimum absolute atomic E-state index is 0.227. The van der Waals surface area contributed by atoms with Crippen LogP contribution in [0.25, 0.3) is 0 Å². The van der Waals surface area contributed by atoms with Crippen LogP contribution in [0, 0.1) is 22.7 Å². The van der Waals surface area contributed by atoms with E-state index in [1.165, 1.54) is 12.1 Å². The molecule has 0 heterocycles. The van der Waals surface area contributed by atoms with E-state index in [-0.39, 0.29) is 17.0 Å². The molecule has 0 aliphatic rings. The highest BCUT2D eigenvalue weighted by Gasteiger charge is 2.09. The molecule has 1 atom stereocenters. The second kappa shape index (κ2) is 4.92. The number of hydrogen-bond acceptors (Lipinski definition) is 4. The molecule has 1 aromatic rings. The van der Waals surface area contributed by atoms with Crippen molar-refractivity contribution >= 4 is 11.6 Å². The van der Waals surface area contributed by atoms with E-state index in [9.17, 15) is 4.79 Å². The zero-order valence-corrected chi connectivity index (χ0v) is 8.69. The van der Waals surface area contributed by atoms with Crippen molar-refractivity contribution in [2.75, 3.05) is 5.32 Å². The Morgan fingerprint density at radius 2 is 2.00 bits per heavy atom. The Bertz CT molecular complexity index is 494. The van der Waals surface area contributed by atoms with Crippen LogP contribution in [0.2, 0.25) is 0 Å². The molecule has 0 aliphatic heterocycles. The van der Waals surface area contributed by atoms with E-state index in [1.807, 2.05) is 12.1 Å². The van der Waals surface area contributed by atoms with Crippen molar-refractivity contribution in [1.29, 1.82) is 10.5 Å². The highest BCUT2D eigenvalue weighted by Crippen LogP contribution is 2.14. The molecule has 3 N–H and O–H groups in total. The van der Waals surface area contributed by atoms with Gasteiger partial charge in [0.1, 0.15) is 12.1 Å². The highest BCUT2D eigenvalue weighted by molar-refractivity contribution is 5.94. The predicted octanol–water partition coefficient (Wildman–Crippen LogP) is 0.716. The molecule has 0 saturated heterocycles. The van der Waals surface area contributed by atoms with Crippen molar-refractivity contribution in [1.82, 2.24) is 0 Å². The molecular formula is C11H10N4O. The Balaban J connectivity index is 2.98. The SMILES string of the molecule is CC(N)C(=O)Nc1ccc(C#N)c(C#N)c1. The largest absolute Gasteiger partial charge is 0.325 e. The highest BCUT2D eigenvalue weighted by atomic mass is 16.2. The zero-order valence-electron chi connectivity index (χ0n) is 8.69. The van der Waals surface area contributed by atoms with Crippen LogP contribution < -0.4 is 11.1 Å². The van der Waals surface area contributed by atoms with Gasteiger partial charge in [-0.05, 0) is 25.1 Å².